The lowest BCUT2D eigenvalue weighted by Gasteiger charge is -2.29. The van der Waals surface area contributed by atoms with E-state index in [9.17, 15) is 14.0 Å². The molecule has 0 aliphatic carbocycles. The van der Waals surface area contributed by atoms with Crippen LogP contribution in [0.1, 0.15) is 23.3 Å². The van der Waals surface area contributed by atoms with Gasteiger partial charge in [0.05, 0.1) is 26.5 Å². The molecule has 8 nitrogen and oxygen atoms in total. The summed E-state index contributed by atoms with van der Waals surface area (Å²) < 4.78 is 24.2. The first kappa shape index (κ1) is 28.4. The molecule has 1 fully saturated rings. The zero-order chi connectivity index (χ0) is 27.6. The molecule has 1 aliphatic heterocycles. The Kier molecular flexibility index (Phi) is 10.2. The molecule has 1 saturated heterocycles. The second kappa shape index (κ2) is 14.0. The molecule has 10 heteroatoms. The van der Waals surface area contributed by atoms with Crippen LogP contribution in [0.5, 0.6) is 11.5 Å². The third-order valence-corrected chi connectivity index (χ3v) is 7.58. The summed E-state index contributed by atoms with van der Waals surface area (Å²) in [6.45, 7) is 3.69. The molecule has 0 radical (unpaired) electrons. The fraction of sp³-hybridized carbons (Fsp3) is 0.379. The molecule has 0 saturated carbocycles. The van der Waals surface area contributed by atoms with Crippen LogP contribution in [0.3, 0.4) is 0 Å². The number of carbonyl (C=O) groups excluding carboxylic acids is 2. The number of urea groups is 1. The highest BCUT2D eigenvalue weighted by Gasteiger charge is 2.24. The van der Waals surface area contributed by atoms with E-state index in [0.29, 0.717) is 43.4 Å². The van der Waals surface area contributed by atoms with Gasteiger partial charge >= 0.3 is 6.03 Å². The minimum absolute atomic E-state index is 0.0925. The zero-order valence-electron chi connectivity index (χ0n) is 22.4. The highest BCUT2D eigenvalue weighted by atomic mass is 32.1. The van der Waals surface area contributed by atoms with Gasteiger partial charge < -0.3 is 29.5 Å². The number of anilines is 1. The first-order valence-corrected chi connectivity index (χ1v) is 13.9. The molecule has 2 heterocycles. The maximum absolute atomic E-state index is 13.7. The Morgan fingerprint density at radius 3 is 2.44 bits per heavy atom. The summed E-state index contributed by atoms with van der Waals surface area (Å²) in [6.07, 6.45) is 2.28. The van der Waals surface area contributed by atoms with Gasteiger partial charge in [0.15, 0.2) is 0 Å². The maximum atomic E-state index is 13.7. The van der Waals surface area contributed by atoms with Crippen molar-refractivity contribution in [3.63, 3.8) is 0 Å². The van der Waals surface area contributed by atoms with E-state index in [1.54, 1.807) is 58.6 Å². The number of hydrogen-bond acceptors (Lipinski definition) is 6. The fourth-order valence-electron chi connectivity index (χ4n) is 4.51. The molecule has 39 heavy (non-hydrogen) atoms. The number of halogens is 1. The van der Waals surface area contributed by atoms with Gasteiger partial charge in [0.1, 0.15) is 23.9 Å². The van der Waals surface area contributed by atoms with Crippen molar-refractivity contribution in [1.82, 2.24) is 14.7 Å². The molecule has 0 unspecified atom stereocenters. The molecule has 1 aliphatic rings. The van der Waals surface area contributed by atoms with Gasteiger partial charge in [-0.05, 0) is 67.2 Å². The van der Waals surface area contributed by atoms with Crippen LogP contribution in [0.2, 0.25) is 0 Å². The van der Waals surface area contributed by atoms with Crippen molar-refractivity contribution < 1.29 is 23.5 Å². The monoisotopic (exact) mass is 554 g/mol. The smallest absolute Gasteiger partial charge is 0.322 e. The van der Waals surface area contributed by atoms with Crippen molar-refractivity contribution in [3.8, 4) is 11.5 Å². The Hall–Kier alpha value is -3.63. The summed E-state index contributed by atoms with van der Waals surface area (Å²) >= 11 is 1.57. The SMILES string of the molecule is COc1ccc(NC(=O)N(CCN2CCCC2)CC(=O)N(Cc2ccc(F)cc2)Cc2cccs2)c(OC)c1. The predicted molar refractivity (Wildman–Crippen MR) is 151 cm³/mol. The van der Waals surface area contributed by atoms with Crippen molar-refractivity contribution in [2.75, 3.05) is 52.3 Å². The number of thiophene rings is 1. The van der Waals surface area contributed by atoms with Gasteiger partial charge in [-0.1, -0.05) is 18.2 Å². The van der Waals surface area contributed by atoms with Gasteiger partial charge in [-0.25, -0.2) is 9.18 Å². The van der Waals surface area contributed by atoms with Gasteiger partial charge in [-0.15, -0.1) is 11.3 Å². The van der Waals surface area contributed by atoms with Crippen molar-refractivity contribution in [3.05, 3.63) is 76.2 Å². The minimum atomic E-state index is -0.385. The van der Waals surface area contributed by atoms with Crippen molar-refractivity contribution in [2.24, 2.45) is 0 Å². The summed E-state index contributed by atoms with van der Waals surface area (Å²) in [5.74, 6) is 0.555. The summed E-state index contributed by atoms with van der Waals surface area (Å²) in [7, 11) is 3.09. The Morgan fingerprint density at radius 1 is 1.00 bits per heavy atom. The fourth-order valence-corrected chi connectivity index (χ4v) is 5.23. The molecule has 0 bridgehead atoms. The first-order chi connectivity index (χ1) is 18.9. The molecule has 1 N–H and O–H groups in total. The minimum Gasteiger partial charge on any atom is -0.497 e. The largest absolute Gasteiger partial charge is 0.497 e. The Bertz CT molecular complexity index is 1220. The summed E-state index contributed by atoms with van der Waals surface area (Å²) in [4.78, 5) is 33.8. The molecule has 208 valence electrons. The number of benzene rings is 2. The Morgan fingerprint density at radius 2 is 1.77 bits per heavy atom. The van der Waals surface area contributed by atoms with Crippen LogP contribution in [0.4, 0.5) is 14.9 Å². The van der Waals surface area contributed by atoms with Crippen LogP contribution >= 0.6 is 11.3 Å². The van der Waals surface area contributed by atoms with Crippen LogP contribution in [-0.4, -0.2) is 73.6 Å². The molecular weight excluding hydrogens is 519 g/mol. The summed E-state index contributed by atoms with van der Waals surface area (Å²) in [5.41, 5.74) is 1.31. The van der Waals surface area contributed by atoms with Crippen LogP contribution in [-0.2, 0) is 17.9 Å². The number of carbonyl (C=O) groups is 2. The normalized spacial score (nSPS) is 13.2. The summed E-state index contributed by atoms with van der Waals surface area (Å²) in [6, 6.07) is 14.8. The Balaban J connectivity index is 1.52. The second-order valence-electron chi connectivity index (χ2n) is 9.42. The maximum Gasteiger partial charge on any atom is 0.322 e. The van der Waals surface area contributed by atoms with Gasteiger partial charge in [0.2, 0.25) is 5.91 Å². The second-order valence-corrected chi connectivity index (χ2v) is 10.5. The van der Waals surface area contributed by atoms with E-state index in [1.165, 1.54) is 19.2 Å². The molecule has 3 aromatic rings. The van der Waals surface area contributed by atoms with E-state index >= 15 is 0 Å². The number of methoxy groups -OCH3 is 2. The predicted octanol–water partition coefficient (Wildman–Crippen LogP) is 5.06. The third kappa shape index (κ3) is 8.18. The van der Waals surface area contributed by atoms with E-state index in [2.05, 4.69) is 10.2 Å². The standard InChI is InChI=1S/C29H35FN4O4S/c1-37-24-11-12-26(27(18-24)38-2)31-29(36)33(16-15-32-13-3-4-14-32)21-28(35)34(20-25-6-5-17-39-25)19-22-7-9-23(30)10-8-22/h5-12,17-18H,3-4,13-16,19-21H2,1-2H3,(H,31,36). The lowest BCUT2D eigenvalue weighted by molar-refractivity contribution is -0.133. The van der Waals surface area contributed by atoms with Crippen LogP contribution in [0, 0.1) is 5.82 Å². The van der Waals surface area contributed by atoms with Gasteiger partial charge in [0, 0.05) is 30.6 Å². The van der Waals surface area contributed by atoms with Crippen molar-refractivity contribution >= 4 is 29.0 Å². The zero-order valence-corrected chi connectivity index (χ0v) is 23.2. The number of ether oxygens (including phenoxy) is 2. The molecule has 4 rings (SSSR count). The topological polar surface area (TPSA) is 74.4 Å². The lowest BCUT2D eigenvalue weighted by atomic mass is 10.2. The third-order valence-electron chi connectivity index (χ3n) is 6.71. The van der Waals surface area contributed by atoms with Gasteiger partial charge in [-0.3, -0.25) is 4.79 Å². The number of nitrogens with one attached hydrogen (secondary N) is 1. The quantitative estimate of drug-likeness (QED) is 0.339. The van der Waals surface area contributed by atoms with Crippen LogP contribution < -0.4 is 14.8 Å². The molecule has 0 atom stereocenters. The van der Waals surface area contributed by atoms with E-state index in [0.717, 1.165) is 36.4 Å². The molecule has 0 spiro atoms. The van der Waals surface area contributed by atoms with E-state index in [-0.39, 0.29) is 24.3 Å². The number of amides is 3. The highest BCUT2D eigenvalue weighted by Crippen LogP contribution is 2.29. The molecule has 1 aromatic heterocycles. The number of hydrogen-bond donors (Lipinski definition) is 1. The van der Waals surface area contributed by atoms with Crippen molar-refractivity contribution in [2.45, 2.75) is 25.9 Å². The van der Waals surface area contributed by atoms with E-state index < -0.39 is 0 Å². The molecule has 3 amide bonds. The van der Waals surface area contributed by atoms with E-state index in [4.69, 9.17) is 9.47 Å². The van der Waals surface area contributed by atoms with E-state index in [1.807, 2.05) is 17.5 Å². The summed E-state index contributed by atoms with van der Waals surface area (Å²) in [5, 5.41) is 4.88. The molecule has 2 aromatic carbocycles. The average Bonchev–Trinajstić information content (AvgIpc) is 3.66. The number of nitrogens with zero attached hydrogens (tertiary/aromatic N) is 3. The average molecular weight is 555 g/mol. The Labute approximate surface area is 232 Å². The number of likely N-dealkylation sites (tertiary alicyclic amines) is 1. The number of rotatable bonds is 12. The molecular formula is C29H35FN4O4S. The van der Waals surface area contributed by atoms with Gasteiger partial charge in [-0.2, -0.15) is 0 Å². The lowest BCUT2D eigenvalue weighted by Crippen LogP contribution is -2.46. The van der Waals surface area contributed by atoms with Gasteiger partial charge in [0.25, 0.3) is 0 Å². The van der Waals surface area contributed by atoms with Crippen LogP contribution in [0.25, 0.3) is 0 Å². The highest BCUT2D eigenvalue weighted by molar-refractivity contribution is 7.09. The van der Waals surface area contributed by atoms with Crippen molar-refractivity contribution in [1.29, 1.82) is 0 Å². The van der Waals surface area contributed by atoms with Crippen LogP contribution in [0.15, 0.2) is 60.0 Å². The first-order valence-electron chi connectivity index (χ1n) is 13.0.